The van der Waals surface area contributed by atoms with Crippen molar-refractivity contribution in [1.82, 2.24) is 4.90 Å². The number of anilines is 2. The molecule has 3 aromatic carbocycles. The SMILES string of the molecule is CCN(CC)CCOC(=O)[C@H](C)N(C(=O)c1c(C)cc(NC(=O)c2c(Cl)cccc2Cl)cc1Cl)c1ccccc1. The van der Waals surface area contributed by atoms with Crippen molar-refractivity contribution in [2.45, 2.75) is 33.7 Å². The molecular formula is C30H32Cl3N3O4. The van der Waals surface area contributed by atoms with Crippen LogP contribution in [0.4, 0.5) is 11.4 Å². The Morgan fingerprint density at radius 1 is 0.875 bits per heavy atom. The summed E-state index contributed by atoms with van der Waals surface area (Å²) in [5.41, 5.74) is 1.70. The number of carbonyl (C=O) groups excluding carboxylic acids is 3. The maximum atomic E-state index is 14.0. The molecule has 0 fully saturated rings. The number of ether oxygens (including phenoxy) is 1. The molecule has 0 aliphatic rings. The van der Waals surface area contributed by atoms with E-state index in [1.807, 2.05) is 19.9 Å². The number of rotatable bonds is 11. The Bertz CT molecular complexity index is 1320. The molecule has 0 spiro atoms. The summed E-state index contributed by atoms with van der Waals surface area (Å²) in [7, 11) is 0. The molecular weight excluding hydrogens is 573 g/mol. The second kappa shape index (κ2) is 14.5. The van der Waals surface area contributed by atoms with Gasteiger partial charge in [0.05, 0.1) is 26.2 Å². The van der Waals surface area contributed by atoms with Gasteiger partial charge in [-0.2, -0.15) is 0 Å². The lowest BCUT2D eigenvalue weighted by Gasteiger charge is -2.29. The first-order valence-electron chi connectivity index (χ1n) is 12.9. The maximum absolute atomic E-state index is 14.0. The van der Waals surface area contributed by atoms with Gasteiger partial charge in [0.1, 0.15) is 12.6 Å². The van der Waals surface area contributed by atoms with Gasteiger partial charge in [-0.1, -0.05) is 72.9 Å². The number of amides is 2. The average Bonchev–Trinajstić information content (AvgIpc) is 2.91. The molecule has 0 saturated heterocycles. The number of nitrogens with one attached hydrogen (secondary N) is 1. The van der Waals surface area contributed by atoms with Crippen molar-refractivity contribution in [3.63, 3.8) is 0 Å². The summed E-state index contributed by atoms with van der Waals surface area (Å²) in [6.07, 6.45) is 0. The highest BCUT2D eigenvalue weighted by Crippen LogP contribution is 2.31. The number of hydrogen-bond donors (Lipinski definition) is 1. The minimum atomic E-state index is -0.927. The molecule has 7 nitrogen and oxygen atoms in total. The van der Waals surface area contributed by atoms with E-state index in [1.165, 1.54) is 11.0 Å². The summed E-state index contributed by atoms with van der Waals surface area (Å²) in [5.74, 6) is -1.52. The van der Waals surface area contributed by atoms with E-state index in [-0.39, 0.29) is 32.8 Å². The highest BCUT2D eigenvalue weighted by atomic mass is 35.5. The van der Waals surface area contributed by atoms with Gasteiger partial charge < -0.3 is 15.0 Å². The van der Waals surface area contributed by atoms with Gasteiger partial charge in [0.2, 0.25) is 0 Å². The average molecular weight is 605 g/mol. The third-order valence-corrected chi connectivity index (χ3v) is 7.40. The fourth-order valence-corrected chi connectivity index (χ4v) is 5.18. The molecule has 1 N–H and O–H groups in total. The molecule has 40 heavy (non-hydrogen) atoms. The van der Waals surface area contributed by atoms with Crippen molar-refractivity contribution in [3.8, 4) is 0 Å². The molecule has 0 radical (unpaired) electrons. The normalized spacial score (nSPS) is 11.7. The number of benzene rings is 3. The first-order valence-corrected chi connectivity index (χ1v) is 14.0. The summed E-state index contributed by atoms with van der Waals surface area (Å²) >= 11 is 19.0. The molecule has 0 aliphatic heterocycles. The van der Waals surface area contributed by atoms with Crippen LogP contribution in [0.2, 0.25) is 15.1 Å². The van der Waals surface area contributed by atoms with Gasteiger partial charge in [-0.3, -0.25) is 14.5 Å². The second-order valence-electron chi connectivity index (χ2n) is 9.08. The van der Waals surface area contributed by atoms with Gasteiger partial charge in [-0.15, -0.1) is 0 Å². The van der Waals surface area contributed by atoms with Crippen LogP contribution >= 0.6 is 34.8 Å². The van der Waals surface area contributed by atoms with E-state index in [1.54, 1.807) is 62.4 Å². The van der Waals surface area contributed by atoms with Gasteiger partial charge in [0, 0.05) is 17.9 Å². The molecule has 10 heteroatoms. The third kappa shape index (κ3) is 7.55. The van der Waals surface area contributed by atoms with E-state index in [4.69, 9.17) is 39.5 Å². The van der Waals surface area contributed by atoms with Crippen LogP contribution in [0.15, 0.2) is 60.7 Å². The van der Waals surface area contributed by atoms with Crippen molar-refractivity contribution in [2.24, 2.45) is 0 Å². The third-order valence-electron chi connectivity index (χ3n) is 6.48. The van der Waals surface area contributed by atoms with E-state index in [2.05, 4.69) is 10.2 Å². The molecule has 1 atom stereocenters. The van der Waals surface area contributed by atoms with Crippen LogP contribution in [0.1, 0.15) is 47.1 Å². The second-order valence-corrected chi connectivity index (χ2v) is 10.3. The molecule has 2 amide bonds. The predicted molar refractivity (Wildman–Crippen MR) is 162 cm³/mol. The molecule has 0 saturated carbocycles. The Balaban J connectivity index is 1.88. The Morgan fingerprint density at radius 2 is 1.50 bits per heavy atom. The number of hydrogen-bond acceptors (Lipinski definition) is 5. The lowest BCUT2D eigenvalue weighted by molar-refractivity contribution is -0.145. The zero-order valence-electron chi connectivity index (χ0n) is 22.8. The highest BCUT2D eigenvalue weighted by molar-refractivity contribution is 6.40. The summed E-state index contributed by atoms with van der Waals surface area (Å²) in [6.45, 7) is 9.91. The molecule has 0 bridgehead atoms. The van der Waals surface area contributed by atoms with Crippen molar-refractivity contribution in [1.29, 1.82) is 0 Å². The fourth-order valence-electron chi connectivity index (χ4n) is 4.26. The molecule has 0 unspecified atom stereocenters. The molecule has 0 aliphatic carbocycles. The van der Waals surface area contributed by atoms with E-state index >= 15 is 0 Å². The smallest absolute Gasteiger partial charge is 0.329 e. The molecule has 0 aromatic heterocycles. The zero-order valence-corrected chi connectivity index (χ0v) is 25.1. The monoisotopic (exact) mass is 603 g/mol. The lowest BCUT2D eigenvalue weighted by Crippen LogP contribution is -2.45. The van der Waals surface area contributed by atoms with Crippen LogP contribution in [-0.2, 0) is 9.53 Å². The number of likely N-dealkylation sites (N-methyl/N-ethyl adjacent to an activating group) is 1. The Labute approximate surface area is 250 Å². The fraction of sp³-hybridized carbons (Fsp3) is 0.300. The largest absolute Gasteiger partial charge is 0.463 e. The molecule has 3 aromatic rings. The van der Waals surface area contributed by atoms with Crippen LogP contribution < -0.4 is 10.2 Å². The van der Waals surface area contributed by atoms with E-state index < -0.39 is 23.8 Å². The molecule has 0 heterocycles. The first-order chi connectivity index (χ1) is 19.1. The van der Waals surface area contributed by atoms with E-state index in [0.29, 0.717) is 23.5 Å². The number of nitrogens with zero attached hydrogens (tertiary/aromatic N) is 2. The van der Waals surface area contributed by atoms with Crippen molar-refractivity contribution >= 4 is 64.0 Å². The number of halogens is 3. The Kier molecular flexibility index (Phi) is 11.4. The van der Waals surface area contributed by atoms with Crippen LogP contribution in [-0.4, -0.2) is 55.0 Å². The van der Waals surface area contributed by atoms with Crippen molar-refractivity contribution in [3.05, 3.63) is 92.4 Å². The quantitative estimate of drug-likeness (QED) is 0.236. The van der Waals surface area contributed by atoms with Gasteiger partial charge in [-0.25, -0.2) is 4.79 Å². The highest BCUT2D eigenvalue weighted by Gasteiger charge is 2.31. The number of carbonyl (C=O) groups is 3. The minimum Gasteiger partial charge on any atom is -0.463 e. The number of para-hydroxylation sites is 1. The van der Waals surface area contributed by atoms with Crippen LogP contribution in [0, 0.1) is 6.92 Å². The molecule has 3 rings (SSSR count). The Morgan fingerprint density at radius 3 is 2.08 bits per heavy atom. The van der Waals surface area contributed by atoms with Crippen LogP contribution in [0.5, 0.6) is 0 Å². The topological polar surface area (TPSA) is 79.0 Å². The van der Waals surface area contributed by atoms with Gasteiger partial charge in [0.25, 0.3) is 11.8 Å². The zero-order chi connectivity index (χ0) is 29.4. The summed E-state index contributed by atoms with van der Waals surface area (Å²) in [5, 5.41) is 3.25. The van der Waals surface area contributed by atoms with Gasteiger partial charge in [0.15, 0.2) is 0 Å². The van der Waals surface area contributed by atoms with E-state index in [9.17, 15) is 14.4 Å². The van der Waals surface area contributed by atoms with Crippen molar-refractivity contribution < 1.29 is 19.1 Å². The van der Waals surface area contributed by atoms with Crippen LogP contribution in [0.25, 0.3) is 0 Å². The van der Waals surface area contributed by atoms with Gasteiger partial charge in [-0.05, 0) is 68.9 Å². The summed E-state index contributed by atoms with van der Waals surface area (Å²) in [4.78, 5) is 43.4. The summed E-state index contributed by atoms with van der Waals surface area (Å²) in [6, 6.07) is 15.8. The standard InChI is InChI=1S/C30H32Cl3N3O4/c1-5-35(6-2)15-16-40-30(39)20(4)36(22-11-8-7-9-12-22)29(38)26-19(3)17-21(18-25(26)33)34-28(37)27-23(31)13-10-14-24(27)32/h7-14,17-18,20H,5-6,15-16H2,1-4H3,(H,34,37)/t20-/m0/s1. The molecule has 212 valence electrons. The summed E-state index contributed by atoms with van der Waals surface area (Å²) < 4.78 is 5.53. The van der Waals surface area contributed by atoms with Gasteiger partial charge >= 0.3 is 5.97 Å². The maximum Gasteiger partial charge on any atom is 0.329 e. The Hall–Kier alpha value is -3.10. The lowest BCUT2D eigenvalue weighted by atomic mass is 10.0. The minimum absolute atomic E-state index is 0.105. The van der Waals surface area contributed by atoms with E-state index in [0.717, 1.165) is 13.1 Å². The number of aryl methyl sites for hydroxylation is 1. The van der Waals surface area contributed by atoms with Crippen LogP contribution in [0.3, 0.4) is 0 Å². The first kappa shape index (κ1) is 31.4. The number of esters is 1. The van der Waals surface area contributed by atoms with Crippen molar-refractivity contribution in [2.75, 3.05) is 36.5 Å². The predicted octanol–water partition coefficient (Wildman–Crippen LogP) is 7.13.